The molecule has 0 saturated heterocycles. The molecular weight excluding hydrogens is 360 g/mol. The van der Waals surface area contributed by atoms with Crippen LogP contribution in [-0.4, -0.2) is 17.1 Å². The predicted octanol–water partition coefficient (Wildman–Crippen LogP) is 5.92. The summed E-state index contributed by atoms with van der Waals surface area (Å²) in [6.07, 6.45) is 1.71. The van der Waals surface area contributed by atoms with Crippen LogP contribution in [0.4, 0.5) is 23.1 Å². The highest BCUT2D eigenvalue weighted by atomic mass is 35.5. The van der Waals surface area contributed by atoms with E-state index in [9.17, 15) is 0 Å². The Morgan fingerprint density at radius 2 is 1.78 bits per heavy atom. The van der Waals surface area contributed by atoms with Crippen molar-refractivity contribution in [3.8, 4) is 5.75 Å². The molecule has 27 heavy (non-hydrogen) atoms. The van der Waals surface area contributed by atoms with Gasteiger partial charge in [0.1, 0.15) is 11.6 Å². The first-order valence-corrected chi connectivity index (χ1v) is 9.05. The molecule has 0 aliphatic heterocycles. The summed E-state index contributed by atoms with van der Waals surface area (Å²) in [7, 11) is 1.59. The Bertz CT molecular complexity index is 937. The van der Waals surface area contributed by atoms with Crippen molar-refractivity contribution in [1.82, 2.24) is 9.97 Å². The average Bonchev–Trinajstić information content (AvgIpc) is 2.62. The zero-order chi connectivity index (χ0) is 19.4. The largest absolute Gasteiger partial charge is 0.495 e. The van der Waals surface area contributed by atoms with E-state index in [1.807, 2.05) is 24.3 Å². The molecule has 0 spiro atoms. The molecule has 3 aromatic rings. The van der Waals surface area contributed by atoms with Gasteiger partial charge in [-0.05, 0) is 41.3 Å². The molecule has 0 saturated carbocycles. The maximum absolute atomic E-state index is 6.18. The molecule has 140 valence electrons. The molecule has 0 fully saturated rings. The highest BCUT2D eigenvalue weighted by Gasteiger charge is 2.17. The van der Waals surface area contributed by atoms with Crippen molar-refractivity contribution in [2.45, 2.75) is 26.2 Å². The molecule has 3 rings (SSSR count). The van der Waals surface area contributed by atoms with Crippen LogP contribution < -0.4 is 15.4 Å². The quantitative estimate of drug-likeness (QED) is 0.573. The van der Waals surface area contributed by atoms with Gasteiger partial charge in [-0.25, -0.2) is 4.98 Å². The fraction of sp³-hybridized carbons (Fsp3) is 0.238. The van der Waals surface area contributed by atoms with Gasteiger partial charge in [-0.1, -0.05) is 50.6 Å². The van der Waals surface area contributed by atoms with E-state index >= 15 is 0 Å². The van der Waals surface area contributed by atoms with Crippen LogP contribution in [0.2, 0.25) is 5.02 Å². The Balaban J connectivity index is 1.82. The van der Waals surface area contributed by atoms with Gasteiger partial charge in [-0.15, -0.1) is 0 Å². The molecular formula is C21H23ClN4O. The smallest absolute Gasteiger partial charge is 0.229 e. The number of ether oxygens (including phenoxy) is 1. The third-order valence-electron chi connectivity index (χ3n) is 4.06. The first-order chi connectivity index (χ1) is 12.9. The summed E-state index contributed by atoms with van der Waals surface area (Å²) in [4.78, 5) is 8.83. The normalized spacial score (nSPS) is 11.1. The number of para-hydroxylation sites is 1. The Morgan fingerprint density at radius 3 is 2.48 bits per heavy atom. The number of halogens is 1. The van der Waals surface area contributed by atoms with Crippen LogP contribution in [0.15, 0.2) is 54.7 Å². The van der Waals surface area contributed by atoms with Crippen molar-refractivity contribution < 1.29 is 4.74 Å². The predicted molar refractivity (Wildman–Crippen MR) is 112 cm³/mol. The molecule has 6 heteroatoms. The van der Waals surface area contributed by atoms with Crippen molar-refractivity contribution in [3.63, 3.8) is 0 Å². The lowest BCUT2D eigenvalue weighted by molar-refractivity contribution is 0.415. The summed E-state index contributed by atoms with van der Waals surface area (Å²) in [5.74, 6) is 1.82. The molecule has 0 unspecified atom stereocenters. The number of nitrogens with zero attached hydrogens (tertiary/aromatic N) is 2. The minimum absolute atomic E-state index is 0.0253. The number of aromatic nitrogens is 2. The fourth-order valence-electron chi connectivity index (χ4n) is 2.75. The first kappa shape index (κ1) is 19.0. The van der Waals surface area contributed by atoms with Crippen LogP contribution in [0.25, 0.3) is 0 Å². The molecule has 2 N–H and O–H groups in total. The van der Waals surface area contributed by atoms with Gasteiger partial charge in [-0.3, -0.25) is 0 Å². The topological polar surface area (TPSA) is 59.1 Å². The number of hydrogen-bond acceptors (Lipinski definition) is 5. The molecule has 0 atom stereocenters. The van der Waals surface area contributed by atoms with Crippen LogP contribution in [0.5, 0.6) is 5.75 Å². The number of hydrogen-bond donors (Lipinski definition) is 2. The van der Waals surface area contributed by atoms with E-state index in [4.69, 9.17) is 16.3 Å². The highest BCUT2D eigenvalue weighted by Crippen LogP contribution is 2.31. The van der Waals surface area contributed by atoms with Crippen LogP contribution >= 0.6 is 11.6 Å². The van der Waals surface area contributed by atoms with Gasteiger partial charge >= 0.3 is 0 Å². The molecule has 0 bridgehead atoms. The van der Waals surface area contributed by atoms with Crippen LogP contribution in [0, 0.1) is 0 Å². The van der Waals surface area contributed by atoms with Gasteiger partial charge in [0.05, 0.1) is 12.1 Å². The fourth-order valence-corrected chi connectivity index (χ4v) is 3.00. The van der Waals surface area contributed by atoms with Gasteiger partial charge in [0, 0.05) is 17.6 Å². The maximum atomic E-state index is 6.18. The average molecular weight is 383 g/mol. The molecule has 0 amide bonds. The summed E-state index contributed by atoms with van der Waals surface area (Å²) < 4.78 is 5.17. The lowest BCUT2D eigenvalue weighted by Gasteiger charge is -2.23. The minimum Gasteiger partial charge on any atom is -0.495 e. The lowest BCUT2D eigenvalue weighted by Crippen LogP contribution is -2.13. The van der Waals surface area contributed by atoms with Gasteiger partial charge in [0.25, 0.3) is 0 Å². The second kappa shape index (κ2) is 7.84. The molecule has 0 radical (unpaired) electrons. The van der Waals surface area contributed by atoms with Crippen molar-refractivity contribution in [1.29, 1.82) is 0 Å². The van der Waals surface area contributed by atoms with Crippen LogP contribution in [0.3, 0.4) is 0 Å². The summed E-state index contributed by atoms with van der Waals surface area (Å²) in [6.45, 7) is 6.57. The minimum atomic E-state index is 0.0253. The summed E-state index contributed by atoms with van der Waals surface area (Å²) in [6, 6.07) is 15.5. The van der Waals surface area contributed by atoms with E-state index in [-0.39, 0.29) is 5.41 Å². The van der Waals surface area contributed by atoms with E-state index in [2.05, 4.69) is 53.5 Å². The molecule has 1 heterocycles. The Hall–Kier alpha value is -2.79. The Labute approximate surface area is 164 Å². The molecule has 0 aliphatic carbocycles. The van der Waals surface area contributed by atoms with E-state index in [1.54, 1.807) is 25.4 Å². The maximum Gasteiger partial charge on any atom is 0.229 e. The Morgan fingerprint density at radius 1 is 1.00 bits per heavy atom. The molecule has 5 nitrogen and oxygen atoms in total. The van der Waals surface area contributed by atoms with Crippen molar-refractivity contribution in [2.75, 3.05) is 17.7 Å². The third-order valence-corrected chi connectivity index (χ3v) is 4.36. The van der Waals surface area contributed by atoms with Crippen LogP contribution in [-0.2, 0) is 5.41 Å². The van der Waals surface area contributed by atoms with Crippen molar-refractivity contribution in [2.24, 2.45) is 0 Å². The summed E-state index contributed by atoms with van der Waals surface area (Å²) in [5.41, 5.74) is 3.06. The standard InChI is InChI=1S/C21H23ClN4O/c1-21(2,3)15-7-5-6-8-17(15)25-19-11-12-23-20(26-19)24-14-9-10-18(27-4)16(22)13-14/h5-13H,1-4H3,(H2,23,24,25,26). The van der Waals surface area contributed by atoms with Gasteiger partial charge in [0.2, 0.25) is 5.95 Å². The second-order valence-corrected chi connectivity index (χ2v) is 7.57. The number of methoxy groups -OCH3 is 1. The van der Waals surface area contributed by atoms with E-state index in [1.165, 1.54) is 5.56 Å². The zero-order valence-corrected chi connectivity index (χ0v) is 16.6. The summed E-state index contributed by atoms with van der Waals surface area (Å²) in [5, 5.41) is 7.09. The van der Waals surface area contributed by atoms with Gasteiger partial charge in [0.15, 0.2) is 0 Å². The van der Waals surface area contributed by atoms with E-state index in [0.29, 0.717) is 22.5 Å². The highest BCUT2D eigenvalue weighted by molar-refractivity contribution is 6.32. The van der Waals surface area contributed by atoms with Crippen molar-refractivity contribution >= 4 is 34.7 Å². The number of rotatable bonds is 5. The molecule has 1 aromatic heterocycles. The molecule has 0 aliphatic rings. The van der Waals surface area contributed by atoms with Gasteiger partial charge < -0.3 is 15.4 Å². The molecule has 2 aromatic carbocycles. The number of nitrogens with one attached hydrogen (secondary N) is 2. The summed E-state index contributed by atoms with van der Waals surface area (Å²) >= 11 is 6.18. The van der Waals surface area contributed by atoms with E-state index < -0.39 is 0 Å². The van der Waals surface area contributed by atoms with E-state index in [0.717, 1.165) is 11.4 Å². The monoisotopic (exact) mass is 382 g/mol. The Kier molecular flexibility index (Phi) is 5.51. The SMILES string of the molecule is COc1ccc(Nc2nccc(Nc3ccccc3C(C)(C)C)n2)cc1Cl. The zero-order valence-electron chi connectivity index (χ0n) is 15.9. The third kappa shape index (κ3) is 4.68. The van der Waals surface area contributed by atoms with Crippen molar-refractivity contribution in [3.05, 3.63) is 65.3 Å². The lowest BCUT2D eigenvalue weighted by atomic mass is 9.86. The van der Waals surface area contributed by atoms with Crippen LogP contribution in [0.1, 0.15) is 26.3 Å². The first-order valence-electron chi connectivity index (χ1n) is 8.67. The second-order valence-electron chi connectivity index (χ2n) is 7.16. The van der Waals surface area contributed by atoms with Gasteiger partial charge in [-0.2, -0.15) is 4.98 Å². The number of benzene rings is 2. The number of anilines is 4.